The number of thiazole rings is 1. The zero-order chi connectivity index (χ0) is 23.4. The predicted octanol–water partition coefficient (Wildman–Crippen LogP) is 4.44. The van der Waals surface area contributed by atoms with Crippen molar-refractivity contribution >= 4 is 34.5 Å². The summed E-state index contributed by atoms with van der Waals surface area (Å²) in [5.74, 6) is 1.98. The summed E-state index contributed by atoms with van der Waals surface area (Å²) in [6.45, 7) is 4.92. The van der Waals surface area contributed by atoms with Gasteiger partial charge in [-0.1, -0.05) is 49.5 Å². The van der Waals surface area contributed by atoms with Crippen LogP contribution in [-0.2, 0) is 0 Å². The third-order valence-electron chi connectivity index (χ3n) is 4.93. The molecule has 0 bridgehead atoms. The molecule has 0 aliphatic rings. The predicted molar refractivity (Wildman–Crippen MR) is 129 cm³/mol. The van der Waals surface area contributed by atoms with E-state index in [1.165, 1.54) is 28.0 Å². The quantitative estimate of drug-likeness (QED) is 0.385. The van der Waals surface area contributed by atoms with Crippen molar-refractivity contribution in [3.8, 4) is 11.5 Å². The van der Waals surface area contributed by atoms with Crippen LogP contribution in [0.3, 0.4) is 0 Å². The van der Waals surface area contributed by atoms with Crippen LogP contribution in [0.5, 0.6) is 11.5 Å². The molecule has 0 aliphatic heterocycles. The standard InChI is InChI=1S/C25H24FN3O3S/c1-16(2)12-13-32-20-10-6-18(14-21(20)31-3)15-22-24(30)29-25(33-22)27-23(28-29)11-7-17-4-8-19(26)9-5-17/h4-11,14-16H,12-13H2,1-3H3/b11-7+,22-15+. The third kappa shape index (κ3) is 5.46. The SMILES string of the molecule is COc1cc(/C=c2/sc3nc(/C=C/c4ccc(F)cc4)nn3c2=O)ccc1OCCC(C)C. The van der Waals surface area contributed by atoms with E-state index in [0.29, 0.717) is 39.3 Å². The molecule has 6 nitrogen and oxygen atoms in total. The first kappa shape index (κ1) is 22.7. The second-order valence-corrected chi connectivity index (χ2v) is 8.92. The molecule has 0 atom stereocenters. The molecule has 0 amide bonds. The highest BCUT2D eigenvalue weighted by atomic mass is 32.1. The van der Waals surface area contributed by atoms with Crippen molar-refractivity contribution in [2.75, 3.05) is 13.7 Å². The highest BCUT2D eigenvalue weighted by Gasteiger charge is 2.10. The van der Waals surface area contributed by atoms with Crippen molar-refractivity contribution in [3.05, 3.63) is 80.1 Å². The molecule has 0 aliphatic carbocycles. The van der Waals surface area contributed by atoms with Gasteiger partial charge >= 0.3 is 0 Å². The number of halogens is 1. The fourth-order valence-corrected chi connectivity index (χ4v) is 4.03. The molecule has 4 aromatic rings. The second kappa shape index (κ2) is 9.95. The van der Waals surface area contributed by atoms with Gasteiger partial charge in [0.15, 0.2) is 17.3 Å². The number of rotatable bonds is 8. The lowest BCUT2D eigenvalue weighted by atomic mass is 10.1. The van der Waals surface area contributed by atoms with E-state index < -0.39 is 0 Å². The number of nitrogens with zero attached hydrogens (tertiary/aromatic N) is 3. The fraction of sp³-hybridized carbons (Fsp3) is 0.240. The maximum absolute atomic E-state index is 13.0. The van der Waals surface area contributed by atoms with Crippen LogP contribution in [-0.4, -0.2) is 28.3 Å². The number of benzene rings is 2. The van der Waals surface area contributed by atoms with E-state index in [9.17, 15) is 9.18 Å². The highest BCUT2D eigenvalue weighted by Crippen LogP contribution is 2.28. The number of aromatic nitrogens is 3. The molecule has 8 heteroatoms. The van der Waals surface area contributed by atoms with Gasteiger partial charge in [-0.05, 0) is 59.9 Å². The summed E-state index contributed by atoms with van der Waals surface area (Å²) in [6, 6.07) is 11.7. The summed E-state index contributed by atoms with van der Waals surface area (Å²) in [5.41, 5.74) is 1.40. The lowest BCUT2D eigenvalue weighted by molar-refractivity contribution is 0.273. The molecule has 0 spiro atoms. The topological polar surface area (TPSA) is 65.7 Å². The average molecular weight is 466 g/mol. The molecule has 0 saturated carbocycles. The average Bonchev–Trinajstić information content (AvgIpc) is 3.32. The van der Waals surface area contributed by atoms with E-state index in [1.807, 2.05) is 18.2 Å². The van der Waals surface area contributed by atoms with Crippen LogP contribution in [0.2, 0.25) is 0 Å². The van der Waals surface area contributed by atoms with Crippen molar-refractivity contribution in [2.24, 2.45) is 5.92 Å². The van der Waals surface area contributed by atoms with E-state index in [0.717, 1.165) is 17.5 Å². The molecule has 0 unspecified atom stereocenters. The molecule has 0 saturated heterocycles. The van der Waals surface area contributed by atoms with Gasteiger partial charge in [-0.2, -0.15) is 9.50 Å². The smallest absolute Gasteiger partial charge is 0.291 e. The summed E-state index contributed by atoms with van der Waals surface area (Å²) < 4.78 is 26.1. The maximum atomic E-state index is 13.0. The Kier molecular flexibility index (Phi) is 6.84. The van der Waals surface area contributed by atoms with E-state index in [2.05, 4.69) is 23.9 Å². The molecule has 2 aromatic carbocycles. The summed E-state index contributed by atoms with van der Waals surface area (Å²) in [5, 5.41) is 4.28. The first-order valence-corrected chi connectivity index (χ1v) is 11.4. The van der Waals surface area contributed by atoms with Gasteiger partial charge in [-0.15, -0.1) is 5.10 Å². The molecular weight excluding hydrogens is 441 g/mol. The zero-order valence-electron chi connectivity index (χ0n) is 18.6. The largest absolute Gasteiger partial charge is 0.493 e. The van der Waals surface area contributed by atoms with Gasteiger partial charge in [0.25, 0.3) is 5.56 Å². The van der Waals surface area contributed by atoms with Crippen molar-refractivity contribution in [3.63, 3.8) is 0 Å². The number of fused-ring (bicyclic) bond motifs is 1. The third-order valence-corrected chi connectivity index (χ3v) is 5.89. The van der Waals surface area contributed by atoms with Crippen LogP contribution in [0.25, 0.3) is 23.2 Å². The van der Waals surface area contributed by atoms with E-state index >= 15 is 0 Å². The number of ether oxygens (including phenoxy) is 2. The Morgan fingerprint density at radius 3 is 2.55 bits per heavy atom. The Labute approximate surface area is 194 Å². The van der Waals surface area contributed by atoms with Crippen LogP contribution in [0, 0.1) is 11.7 Å². The van der Waals surface area contributed by atoms with Gasteiger partial charge in [-0.25, -0.2) is 4.39 Å². The minimum absolute atomic E-state index is 0.236. The lowest BCUT2D eigenvalue weighted by Gasteiger charge is -2.12. The van der Waals surface area contributed by atoms with Gasteiger partial charge < -0.3 is 9.47 Å². The second-order valence-electron chi connectivity index (χ2n) is 7.91. The monoisotopic (exact) mass is 465 g/mol. The van der Waals surface area contributed by atoms with Gasteiger partial charge in [0.2, 0.25) is 4.96 Å². The van der Waals surface area contributed by atoms with Crippen molar-refractivity contribution in [1.29, 1.82) is 0 Å². The molecule has 0 fully saturated rings. The van der Waals surface area contributed by atoms with Gasteiger partial charge in [0.05, 0.1) is 18.2 Å². The number of hydrogen-bond acceptors (Lipinski definition) is 6. The Morgan fingerprint density at radius 2 is 1.85 bits per heavy atom. The van der Waals surface area contributed by atoms with Crippen LogP contribution in [0.4, 0.5) is 4.39 Å². The van der Waals surface area contributed by atoms with E-state index in [1.54, 1.807) is 37.5 Å². The highest BCUT2D eigenvalue weighted by molar-refractivity contribution is 7.15. The normalized spacial score (nSPS) is 12.3. The number of methoxy groups -OCH3 is 1. The Balaban J connectivity index is 1.56. The number of hydrogen-bond donors (Lipinski definition) is 0. The van der Waals surface area contributed by atoms with Gasteiger partial charge in [-0.3, -0.25) is 4.79 Å². The van der Waals surface area contributed by atoms with Crippen LogP contribution in [0.15, 0.2) is 47.3 Å². The molecule has 2 aromatic heterocycles. The van der Waals surface area contributed by atoms with Crippen LogP contribution >= 0.6 is 11.3 Å². The van der Waals surface area contributed by atoms with Crippen molar-refractivity contribution in [1.82, 2.24) is 14.6 Å². The van der Waals surface area contributed by atoms with E-state index in [-0.39, 0.29) is 11.4 Å². The summed E-state index contributed by atoms with van der Waals surface area (Å²) in [7, 11) is 1.59. The molecule has 2 heterocycles. The fourth-order valence-electron chi connectivity index (χ4n) is 3.11. The van der Waals surface area contributed by atoms with Gasteiger partial charge in [0.1, 0.15) is 5.82 Å². The Morgan fingerprint density at radius 1 is 1.09 bits per heavy atom. The maximum Gasteiger partial charge on any atom is 0.291 e. The molecule has 0 N–H and O–H groups in total. The first-order chi connectivity index (χ1) is 15.9. The van der Waals surface area contributed by atoms with E-state index in [4.69, 9.17) is 9.47 Å². The van der Waals surface area contributed by atoms with Crippen molar-refractivity contribution in [2.45, 2.75) is 20.3 Å². The molecular formula is C25H24FN3O3S. The van der Waals surface area contributed by atoms with Crippen LogP contribution in [0.1, 0.15) is 37.2 Å². The summed E-state index contributed by atoms with van der Waals surface area (Å²) in [4.78, 5) is 17.7. The van der Waals surface area contributed by atoms with Crippen molar-refractivity contribution < 1.29 is 13.9 Å². The Hall–Kier alpha value is -3.52. The first-order valence-electron chi connectivity index (χ1n) is 10.6. The molecule has 170 valence electrons. The van der Waals surface area contributed by atoms with Gasteiger partial charge in [0, 0.05) is 0 Å². The molecule has 33 heavy (non-hydrogen) atoms. The minimum atomic E-state index is -0.293. The summed E-state index contributed by atoms with van der Waals surface area (Å²) in [6.07, 6.45) is 6.21. The minimum Gasteiger partial charge on any atom is -0.493 e. The summed E-state index contributed by atoms with van der Waals surface area (Å²) >= 11 is 1.26. The Bertz CT molecular complexity index is 1390. The zero-order valence-corrected chi connectivity index (χ0v) is 19.4. The van der Waals surface area contributed by atoms with Crippen LogP contribution < -0.4 is 19.6 Å². The molecule has 0 radical (unpaired) electrons. The lowest BCUT2D eigenvalue weighted by Crippen LogP contribution is -2.23. The molecule has 4 rings (SSSR count).